The summed E-state index contributed by atoms with van der Waals surface area (Å²) in [6.45, 7) is 4.60. The lowest BCUT2D eigenvalue weighted by atomic mass is 9.79. The van der Waals surface area contributed by atoms with Crippen LogP contribution in [0.15, 0.2) is 60.8 Å². The van der Waals surface area contributed by atoms with E-state index in [2.05, 4.69) is 82.6 Å². The molecule has 6 rings (SSSR count). The lowest BCUT2D eigenvalue weighted by Gasteiger charge is -2.42. The molecule has 3 aromatic rings. The van der Waals surface area contributed by atoms with Gasteiger partial charge in [0.1, 0.15) is 0 Å². The number of amides is 1. The Bertz CT molecular complexity index is 1220. The van der Waals surface area contributed by atoms with Gasteiger partial charge >= 0.3 is 0 Å². The second-order valence-electron chi connectivity index (χ2n) is 10.9. The molecule has 0 bridgehead atoms. The number of fused-ring (bicyclic) bond motifs is 2. The predicted molar refractivity (Wildman–Crippen MR) is 142 cm³/mol. The number of aromatic nitrogens is 2. The number of carbonyl (C=O) groups is 1. The summed E-state index contributed by atoms with van der Waals surface area (Å²) < 4.78 is 0. The summed E-state index contributed by atoms with van der Waals surface area (Å²) in [6, 6.07) is 19.6. The normalized spacial score (nSPS) is 24.3. The van der Waals surface area contributed by atoms with E-state index in [1.807, 2.05) is 12.3 Å². The molecule has 6 heteroatoms. The Morgan fingerprint density at radius 1 is 0.972 bits per heavy atom. The van der Waals surface area contributed by atoms with Crippen LogP contribution < -0.4 is 5.32 Å². The van der Waals surface area contributed by atoms with E-state index < -0.39 is 0 Å². The standard InChI is InChI=1S/C30H35N5O/c1-20-14-24-17-31-30(32-25-15-22-10-6-7-11-23(22)16-25)33-28(24)19-35(20)29(36)26-12-13-34(2)18-27(26)21-8-4-3-5-9-21/h3-11,17,20,25-27H,12-16,18-19H2,1-2H3,(H,31,32,33)/t20-,26+,27-/m1/s1. The maximum Gasteiger partial charge on any atom is 0.227 e. The second-order valence-corrected chi connectivity index (χ2v) is 10.9. The average molecular weight is 482 g/mol. The highest BCUT2D eigenvalue weighted by atomic mass is 16.2. The van der Waals surface area contributed by atoms with Crippen molar-refractivity contribution in [3.63, 3.8) is 0 Å². The highest BCUT2D eigenvalue weighted by Crippen LogP contribution is 2.35. The van der Waals surface area contributed by atoms with Crippen LogP contribution in [0, 0.1) is 5.92 Å². The van der Waals surface area contributed by atoms with Crippen molar-refractivity contribution in [1.29, 1.82) is 0 Å². The summed E-state index contributed by atoms with van der Waals surface area (Å²) in [4.78, 5) is 28.0. The van der Waals surface area contributed by atoms with E-state index >= 15 is 0 Å². The van der Waals surface area contributed by atoms with Gasteiger partial charge in [-0.1, -0.05) is 54.6 Å². The fraction of sp³-hybridized carbons (Fsp3) is 0.433. The van der Waals surface area contributed by atoms with E-state index in [4.69, 9.17) is 4.98 Å². The highest BCUT2D eigenvalue weighted by Gasteiger charge is 2.39. The van der Waals surface area contributed by atoms with Gasteiger partial charge in [-0.3, -0.25) is 4.79 Å². The molecule has 1 saturated heterocycles. The molecule has 1 amide bonds. The second kappa shape index (κ2) is 9.66. The molecule has 36 heavy (non-hydrogen) atoms. The SMILES string of the molecule is C[C@@H]1Cc2cnc(NC3Cc4ccccc4C3)nc2CN1C(=O)[C@H]1CCN(C)C[C@@H]1c1ccccc1. The van der Waals surface area contributed by atoms with Gasteiger partial charge in [0.05, 0.1) is 12.2 Å². The molecule has 186 valence electrons. The van der Waals surface area contributed by atoms with Crippen molar-refractivity contribution in [2.24, 2.45) is 5.92 Å². The average Bonchev–Trinajstić information content (AvgIpc) is 3.31. The molecule has 3 atom stereocenters. The molecule has 1 aliphatic carbocycles. The first-order valence-corrected chi connectivity index (χ1v) is 13.3. The van der Waals surface area contributed by atoms with E-state index in [1.165, 1.54) is 16.7 Å². The number of hydrogen-bond acceptors (Lipinski definition) is 5. The van der Waals surface area contributed by atoms with Gasteiger partial charge in [0, 0.05) is 36.7 Å². The van der Waals surface area contributed by atoms with E-state index in [9.17, 15) is 4.79 Å². The summed E-state index contributed by atoms with van der Waals surface area (Å²) in [5.74, 6) is 1.17. The van der Waals surface area contributed by atoms with Gasteiger partial charge in [-0.25, -0.2) is 9.97 Å². The third kappa shape index (κ3) is 4.50. The number of likely N-dealkylation sites (tertiary alicyclic amines) is 1. The molecule has 1 aromatic heterocycles. The summed E-state index contributed by atoms with van der Waals surface area (Å²) in [5.41, 5.74) is 6.22. The van der Waals surface area contributed by atoms with Gasteiger partial charge in [-0.05, 0) is 68.5 Å². The number of hydrogen-bond donors (Lipinski definition) is 1. The van der Waals surface area contributed by atoms with Crippen molar-refractivity contribution in [2.45, 2.75) is 57.2 Å². The highest BCUT2D eigenvalue weighted by molar-refractivity contribution is 5.80. The number of carbonyl (C=O) groups excluding carboxylic acids is 1. The van der Waals surface area contributed by atoms with Crippen LogP contribution in [0.2, 0.25) is 0 Å². The Morgan fingerprint density at radius 3 is 2.44 bits per heavy atom. The van der Waals surface area contributed by atoms with Crippen LogP contribution in [0.3, 0.4) is 0 Å². The third-order valence-electron chi connectivity index (χ3n) is 8.35. The van der Waals surface area contributed by atoms with Crippen LogP contribution in [-0.4, -0.2) is 57.9 Å². The minimum absolute atomic E-state index is 0.00373. The smallest absolute Gasteiger partial charge is 0.227 e. The van der Waals surface area contributed by atoms with Crippen molar-refractivity contribution < 1.29 is 4.79 Å². The van der Waals surface area contributed by atoms with E-state index in [1.54, 1.807) is 0 Å². The number of piperidine rings is 1. The third-order valence-corrected chi connectivity index (χ3v) is 8.35. The fourth-order valence-electron chi connectivity index (χ4n) is 6.36. The minimum atomic E-state index is 0.00373. The van der Waals surface area contributed by atoms with Gasteiger partial charge in [0.15, 0.2) is 0 Å². The maximum absolute atomic E-state index is 14.0. The monoisotopic (exact) mass is 481 g/mol. The van der Waals surface area contributed by atoms with Gasteiger partial charge in [0.25, 0.3) is 0 Å². The zero-order valence-electron chi connectivity index (χ0n) is 21.2. The Kier molecular flexibility index (Phi) is 6.22. The molecule has 0 spiro atoms. The molecular formula is C30H35N5O. The molecule has 1 fully saturated rings. The Balaban J connectivity index is 1.19. The molecule has 0 radical (unpaired) electrons. The van der Waals surface area contributed by atoms with Gasteiger partial charge in [-0.2, -0.15) is 0 Å². The van der Waals surface area contributed by atoms with Crippen LogP contribution in [0.25, 0.3) is 0 Å². The number of benzene rings is 2. The molecule has 1 N–H and O–H groups in total. The molecule has 0 unspecified atom stereocenters. The van der Waals surface area contributed by atoms with Crippen molar-refractivity contribution in [2.75, 3.05) is 25.5 Å². The first-order valence-electron chi connectivity index (χ1n) is 13.3. The number of nitrogens with zero attached hydrogens (tertiary/aromatic N) is 4. The Morgan fingerprint density at radius 2 is 1.69 bits per heavy atom. The number of likely N-dealkylation sites (N-methyl/N-ethyl adjacent to an activating group) is 1. The van der Waals surface area contributed by atoms with Crippen LogP contribution in [0.4, 0.5) is 5.95 Å². The number of anilines is 1. The maximum atomic E-state index is 14.0. The minimum Gasteiger partial charge on any atom is -0.351 e. The Labute approximate surface area is 213 Å². The van der Waals surface area contributed by atoms with Crippen molar-refractivity contribution in [3.05, 3.63) is 88.7 Å². The fourth-order valence-corrected chi connectivity index (χ4v) is 6.36. The molecule has 6 nitrogen and oxygen atoms in total. The zero-order chi connectivity index (χ0) is 24.6. The zero-order valence-corrected chi connectivity index (χ0v) is 21.2. The topological polar surface area (TPSA) is 61.4 Å². The van der Waals surface area contributed by atoms with Crippen LogP contribution in [0.5, 0.6) is 0 Å². The van der Waals surface area contributed by atoms with Crippen molar-refractivity contribution >= 4 is 11.9 Å². The summed E-state index contributed by atoms with van der Waals surface area (Å²) in [6.07, 6.45) is 5.65. The molecule has 2 aromatic carbocycles. The van der Waals surface area contributed by atoms with Gasteiger partial charge in [-0.15, -0.1) is 0 Å². The van der Waals surface area contributed by atoms with Crippen LogP contribution in [0.1, 0.15) is 47.2 Å². The molecule has 3 heterocycles. The number of rotatable bonds is 4. The molecule has 3 aliphatic rings. The van der Waals surface area contributed by atoms with E-state index in [0.29, 0.717) is 18.5 Å². The van der Waals surface area contributed by atoms with Crippen molar-refractivity contribution in [3.8, 4) is 0 Å². The lowest BCUT2D eigenvalue weighted by Crippen LogP contribution is -2.50. The number of nitrogens with one attached hydrogen (secondary N) is 1. The Hall–Kier alpha value is -3.25. The largest absolute Gasteiger partial charge is 0.351 e. The molecular weight excluding hydrogens is 446 g/mol. The summed E-state index contributed by atoms with van der Waals surface area (Å²) in [7, 11) is 2.16. The molecule has 2 aliphatic heterocycles. The first kappa shape index (κ1) is 23.2. The lowest BCUT2D eigenvalue weighted by molar-refractivity contribution is -0.141. The van der Waals surface area contributed by atoms with Crippen LogP contribution >= 0.6 is 0 Å². The van der Waals surface area contributed by atoms with Gasteiger partial charge in [0.2, 0.25) is 11.9 Å². The molecule has 0 saturated carbocycles. The van der Waals surface area contributed by atoms with Crippen molar-refractivity contribution in [1.82, 2.24) is 19.8 Å². The van der Waals surface area contributed by atoms with Crippen LogP contribution in [-0.2, 0) is 30.6 Å². The van der Waals surface area contributed by atoms with E-state index in [0.717, 1.165) is 50.0 Å². The predicted octanol–water partition coefficient (Wildman–Crippen LogP) is 4.06. The quantitative estimate of drug-likeness (QED) is 0.609. The van der Waals surface area contributed by atoms with E-state index in [-0.39, 0.29) is 23.8 Å². The summed E-state index contributed by atoms with van der Waals surface area (Å²) in [5, 5.41) is 3.56. The summed E-state index contributed by atoms with van der Waals surface area (Å²) >= 11 is 0. The first-order chi connectivity index (χ1) is 17.5. The van der Waals surface area contributed by atoms with Gasteiger partial charge < -0.3 is 15.1 Å².